The molecule has 0 aliphatic rings. The lowest BCUT2D eigenvalue weighted by molar-refractivity contribution is 0.125. The number of sulfonamides is 1. The van der Waals surface area contributed by atoms with Gasteiger partial charge in [-0.15, -0.1) is 0 Å². The van der Waals surface area contributed by atoms with E-state index in [2.05, 4.69) is 4.72 Å². The molecule has 5 heteroatoms. The number of aliphatic hydroxyl groups is 1. The second kappa shape index (κ2) is 6.31. The van der Waals surface area contributed by atoms with Crippen molar-refractivity contribution < 1.29 is 13.5 Å². The highest BCUT2D eigenvalue weighted by molar-refractivity contribution is 7.89. The predicted molar refractivity (Wildman–Crippen MR) is 71.9 cm³/mol. The van der Waals surface area contributed by atoms with Crippen molar-refractivity contribution in [1.82, 2.24) is 4.72 Å². The van der Waals surface area contributed by atoms with Gasteiger partial charge in [0.2, 0.25) is 10.0 Å². The summed E-state index contributed by atoms with van der Waals surface area (Å²) < 4.78 is 26.5. The molecular formula is C13H21NO3S. The van der Waals surface area contributed by atoms with Gasteiger partial charge in [-0.2, -0.15) is 0 Å². The Balaban J connectivity index is 3.07. The van der Waals surface area contributed by atoms with Crippen LogP contribution in [0.25, 0.3) is 0 Å². The Morgan fingerprint density at radius 2 is 1.89 bits per heavy atom. The highest BCUT2D eigenvalue weighted by atomic mass is 32.2. The molecule has 0 heterocycles. The molecule has 0 saturated carbocycles. The molecule has 1 atom stereocenters. The van der Waals surface area contributed by atoms with Crippen LogP contribution in [0.15, 0.2) is 29.2 Å². The molecular weight excluding hydrogens is 250 g/mol. The van der Waals surface area contributed by atoms with Gasteiger partial charge < -0.3 is 5.11 Å². The molecule has 2 N–H and O–H groups in total. The predicted octanol–water partition coefficient (Wildman–Crippen LogP) is 1.54. The monoisotopic (exact) mass is 271 g/mol. The Morgan fingerprint density at radius 1 is 1.28 bits per heavy atom. The fourth-order valence-corrected chi connectivity index (χ4v) is 2.95. The zero-order valence-corrected chi connectivity index (χ0v) is 11.9. The Kier molecular flexibility index (Phi) is 5.31. The van der Waals surface area contributed by atoms with E-state index in [9.17, 15) is 13.5 Å². The van der Waals surface area contributed by atoms with E-state index < -0.39 is 16.1 Å². The van der Waals surface area contributed by atoms with E-state index in [0.29, 0.717) is 18.5 Å². The quantitative estimate of drug-likeness (QED) is 0.825. The van der Waals surface area contributed by atoms with Gasteiger partial charge in [0, 0.05) is 6.54 Å². The Hall–Kier alpha value is -0.910. The molecule has 0 fully saturated rings. The van der Waals surface area contributed by atoms with Crippen LogP contribution in [0, 0.1) is 5.92 Å². The third kappa shape index (κ3) is 3.80. The number of aliphatic hydroxyl groups excluding tert-OH is 1. The molecule has 0 amide bonds. The number of nitrogens with one attached hydrogen (secondary N) is 1. The summed E-state index contributed by atoms with van der Waals surface area (Å²) in [5.74, 6) is 0.0971. The molecule has 0 saturated heterocycles. The first-order valence-corrected chi connectivity index (χ1v) is 7.62. The highest BCUT2D eigenvalue weighted by Crippen LogP contribution is 2.19. The second-order valence-corrected chi connectivity index (χ2v) is 6.36. The van der Waals surface area contributed by atoms with Crippen LogP contribution in [0.2, 0.25) is 0 Å². The first-order valence-electron chi connectivity index (χ1n) is 6.14. The zero-order chi connectivity index (χ0) is 13.8. The summed E-state index contributed by atoms with van der Waals surface area (Å²) in [4.78, 5) is 0.256. The maximum Gasteiger partial charge on any atom is 0.240 e. The fraction of sp³-hybridized carbons (Fsp3) is 0.538. The van der Waals surface area contributed by atoms with Gasteiger partial charge >= 0.3 is 0 Å². The third-order valence-corrected chi connectivity index (χ3v) is 4.44. The molecule has 0 spiro atoms. The summed E-state index contributed by atoms with van der Waals surface area (Å²) in [5, 5.41) is 9.88. The molecule has 0 bridgehead atoms. The second-order valence-electron chi connectivity index (χ2n) is 4.62. The minimum Gasteiger partial charge on any atom is -0.393 e. The van der Waals surface area contributed by atoms with Crippen molar-refractivity contribution in [2.75, 3.05) is 6.54 Å². The number of rotatable bonds is 6. The molecule has 0 aliphatic heterocycles. The van der Waals surface area contributed by atoms with Crippen LogP contribution in [-0.2, 0) is 16.4 Å². The van der Waals surface area contributed by atoms with Gasteiger partial charge in [-0.25, -0.2) is 13.1 Å². The van der Waals surface area contributed by atoms with Crippen LogP contribution in [0.5, 0.6) is 0 Å². The Bertz CT molecular complexity index is 483. The molecule has 1 unspecified atom stereocenters. The lowest BCUT2D eigenvalue weighted by Gasteiger charge is -2.17. The largest absolute Gasteiger partial charge is 0.393 e. The fourth-order valence-electron chi connectivity index (χ4n) is 1.66. The van der Waals surface area contributed by atoms with Gasteiger partial charge in [0.15, 0.2) is 0 Å². The van der Waals surface area contributed by atoms with Crippen molar-refractivity contribution in [3.8, 4) is 0 Å². The van der Waals surface area contributed by atoms with Gasteiger partial charge in [0.1, 0.15) is 0 Å². The topological polar surface area (TPSA) is 66.4 Å². The minimum atomic E-state index is -3.47. The maximum absolute atomic E-state index is 12.0. The van der Waals surface area contributed by atoms with Crippen molar-refractivity contribution in [2.24, 2.45) is 5.92 Å². The molecule has 0 aromatic heterocycles. The van der Waals surface area contributed by atoms with Crippen LogP contribution in [-0.4, -0.2) is 26.2 Å². The van der Waals surface area contributed by atoms with Crippen LogP contribution in [0.1, 0.15) is 26.3 Å². The van der Waals surface area contributed by atoms with E-state index in [1.165, 1.54) is 0 Å². The van der Waals surface area contributed by atoms with Gasteiger partial charge in [-0.05, 0) is 24.0 Å². The molecule has 1 aromatic carbocycles. The molecule has 0 aliphatic carbocycles. The van der Waals surface area contributed by atoms with E-state index in [-0.39, 0.29) is 10.8 Å². The average Bonchev–Trinajstić information content (AvgIpc) is 2.29. The number of hydrogen-bond donors (Lipinski definition) is 2. The average molecular weight is 271 g/mol. The van der Waals surface area contributed by atoms with Crippen molar-refractivity contribution in [3.63, 3.8) is 0 Å². The maximum atomic E-state index is 12.0. The standard InChI is InChI=1S/C13H21NO3S/c1-4-14-18(16,17)13-8-6-5-7-11(13)9-12(15)10(2)3/h5-8,10,12,14-15H,4,9H2,1-3H3. The van der Waals surface area contributed by atoms with Crippen LogP contribution < -0.4 is 4.72 Å². The Morgan fingerprint density at radius 3 is 2.44 bits per heavy atom. The van der Waals surface area contributed by atoms with E-state index in [4.69, 9.17) is 0 Å². The summed E-state index contributed by atoms with van der Waals surface area (Å²) in [6.45, 7) is 5.91. The summed E-state index contributed by atoms with van der Waals surface area (Å²) in [6, 6.07) is 6.79. The van der Waals surface area contributed by atoms with E-state index in [1.807, 2.05) is 13.8 Å². The molecule has 18 heavy (non-hydrogen) atoms. The molecule has 102 valence electrons. The minimum absolute atomic E-state index is 0.0971. The SMILES string of the molecule is CCNS(=O)(=O)c1ccccc1CC(O)C(C)C. The number of hydrogen-bond acceptors (Lipinski definition) is 3. The first-order chi connectivity index (χ1) is 8.38. The van der Waals surface area contributed by atoms with E-state index >= 15 is 0 Å². The smallest absolute Gasteiger partial charge is 0.240 e. The van der Waals surface area contributed by atoms with Gasteiger partial charge in [-0.1, -0.05) is 39.0 Å². The van der Waals surface area contributed by atoms with Crippen LogP contribution in [0.4, 0.5) is 0 Å². The van der Waals surface area contributed by atoms with Crippen molar-refractivity contribution >= 4 is 10.0 Å². The lowest BCUT2D eigenvalue weighted by atomic mass is 9.99. The first kappa shape index (κ1) is 15.1. The van der Waals surface area contributed by atoms with Crippen LogP contribution in [0.3, 0.4) is 0 Å². The molecule has 1 aromatic rings. The highest BCUT2D eigenvalue weighted by Gasteiger charge is 2.19. The van der Waals surface area contributed by atoms with Gasteiger partial charge in [0.05, 0.1) is 11.0 Å². The Labute approximate surface area is 109 Å². The van der Waals surface area contributed by atoms with Gasteiger partial charge in [0.25, 0.3) is 0 Å². The number of benzene rings is 1. The van der Waals surface area contributed by atoms with E-state index in [1.54, 1.807) is 31.2 Å². The summed E-state index contributed by atoms with van der Waals surface area (Å²) in [7, 11) is -3.47. The van der Waals surface area contributed by atoms with Crippen molar-refractivity contribution in [3.05, 3.63) is 29.8 Å². The lowest BCUT2D eigenvalue weighted by Crippen LogP contribution is -2.26. The van der Waals surface area contributed by atoms with Crippen molar-refractivity contribution in [2.45, 2.75) is 38.2 Å². The van der Waals surface area contributed by atoms with Gasteiger partial charge in [-0.3, -0.25) is 0 Å². The zero-order valence-electron chi connectivity index (χ0n) is 11.1. The molecule has 1 rings (SSSR count). The van der Waals surface area contributed by atoms with E-state index in [0.717, 1.165) is 0 Å². The molecule has 4 nitrogen and oxygen atoms in total. The molecule has 0 radical (unpaired) electrons. The summed E-state index contributed by atoms with van der Waals surface area (Å²) >= 11 is 0. The van der Waals surface area contributed by atoms with Crippen molar-refractivity contribution in [1.29, 1.82) is 0 Å². The third-order valence-electron chi connectivity index (χ3n) is 2.80. The normalized spacial score (nSPS) is 13.8. The van der Waals surface area contributed by atoms with Crippen LogP contribution >= 0.6 is 0 Å². The summed E-state index contributed by atoms with van der Waals surface area (Å²) in [6.07, 6.45) is -0.193. The summed E-state index contributed by atoms with van der Waals surface area (Å²) in [5.41, 5.74) is 0.652.